The molecule has 11 heteroatoms. The molecule has 2 heterocycles. The molecule has 2 saturated heterocycles. The third kappa shape index (κ3) is 3.78. The first-order valence-corrected chi connectivity index (χ1v) is 9.56. The molecule has 4 atom stereocenters. The van der Waals surface area contributed by atoms with Gasteiger partial charge in [-0.3, -0.25) is 4.79 Å². The van der Waals surface area contributed by atoms with Gasteiger partial charge in [0.1, 0.15) is 23.2 Å². The van der Waals surface area contributed by atoms with Crippen molar-refractivity contribution in [1.82, 2.24) is 10.2 Å². The summed E-state index contributed by atoms with van der Waals surface area (Å²) in [5.74, 6) is -2.64. The first kappa shape index (κ1) is 18.7. The first-order chi connectivity index (χ1) is 14.3. The number of aromatic hydroxyl groups is 1. The maximum absolute atomic E-state index is 12.4. The zero-order valence-electron chi connectivity index (χ0n) is 16.5. The van der Waals surface area contributed by atoms with E-state index in [2.05, 4.69) is 10.4 Å². The van der Waals surface area contributed by atoms with Crippen LogP contribution in [0.25, 0.3) is 0 Å². The molecule has 3 fully saturated rings. The molecule has 0 spiro atoms. The number of phenols is 1. The van der Waals surface area contributed by atoms with Gasteiger partial charge in [-0.25, -0.2) is 4.79 Å². The van der Waals surface area contributed by atoms with Crippen molar-refractivity contribution in [1.29, 1.82) is 1.43 Å². The van der Waals surface area contributed by atoms with Gasteiger partial charge in [-0.2, -0.15) is 0 Å². The van der Waals surface area contributed by atoms with Crippen LogP contribution >= 0.6 is 0 Å². The number of ether oxygens (including phenoxy) is 1. The van der Waals surface area contributed by atoms with Crippen LogP contribution in [0.4, 0.5) is 0 Å². The summed E-state index contributed by atoms with van der Waals surface area (Å²) in [4.78, 5) is 25.7. The predicted octanol–water partition coefficient (Wildman–Crippen LogP) is -1.27. The number of likely N-dealkylation sites (tertiary alicyclic amines) is 1. The summed E-state index contributed by atoms with van der Waals surface area (Å²) in [6.45, 7) is 1.01. The van der Waals surface area contributed by atoms with Crippen molar-refractivity contribution in [2.24, 2.45) is 0 Å². The zero-order valence-corrected chi connectivity index (χ0v) is 15.5. The molecule has 1 aromatic carbocycles. The van der Waals surface area contributed by atoms with E-state index in [0.717, 1.165) is 0 Å². The number of carbonyl (C=O) groups is 2. The second-order valence-corrected chi connectivity index (χ2v) is 7.90. The van der Waals surface area contributed by atoms with E-state index in [1.807, 2.05) is 0 Å². The molecule has 0 radical (unpaired) electrons. The Morgan fingerprint density at radius 3 is 2.62 bits per heavy atom. The maximum Gasteiger partial charge on any atom is 0.455 e. The van der Waals surface area contributed by atoms with Gasteiger partial charge in [-0.1, -0.05) is 6.07 Å². The molecule has 29 heavy (non-hydrogen) atoms. The molecule has 1 aliphatic carbocycles. The highest BCUT2D eigenvalue weighted by molar-refractivity contribution is 6.44. The van der Waals surface area contributed by atoms with Gasteiger partial charge < -0.3 is 40.3 Å². The van der Waals surface area contributed by atoms with E-state index in [1.165, 1.54) is 12.1 Å². The van der Waals surface area contributed by atoms with E-state index >= 15 is 0 Å². The standard InChI is InChI=1S/C18H23BN2O8/c22-8-3-13(20-5-8)17(24)21-6-9(7-21)29-14-2-1-10(11-4-12(11)19(27)28)16(23)15(14)18(25)26/h1-2,8-9,11-13,20,22-23,27-28H,3-7H2,(H,25,26)/t8-,11+,12+,13+/m1/s1/i22D. The molecular weight excluding hydrogens is 383 g/mol. The molecule has 1 aromatic rings. The zero-order chi connectivity index (χ0) is 21.6. The lowest BCUT2D eigenvalue weighted by atomic mass is 9.81. The SMILES string of the molecule is [2H]O[C@H]1CN[C@H](C(=O)N2CC(Oc3ccc([C@@H]4C[C@@H]4B(O)O)c(O)c3C(=O)O)C2)C1. The average Bonchev–Trinajstić information content (AvgIpc) is 3.31. The van der Waals surface area contributed by atoms with Crippen LogP contribution in [0, 0.1) is 0 Å². The molecule has 2 aliphatic heterocycles. The summed E-state index contributed by atoms with van der Waals surface area (Å²) in [7, 11) is -1.52. The number of β-amino-alcohol motifs (C(OH)–C–C–N with tert-alkyl or cyclic N) is 1. The summed E-state index contributed by atoms with van der Waals surface area (Å²) in [5, 5.41) is 46.1. The van der Waals surface area contributed by atoms with Crippen molar-refractivity contribution in [3.63, 3.8) is 0 Å². The van der Waals surface area contributed by atoms with Gasteiger partial charge in [-0.15, -0.1) is 0 Å². The Balaban J connectivity index is 1.39. The molecule has 4 rings (SSSR count). The van der Waals surface area contributed by atoms with Gasteiger partial charge in [-0.05, 0) is 30.4 Å². The third-order valence-corrected chi connectivity index (χ3v) is 5.85. The molecule has 0 unspecified atom stereocenters. The minimum Gasteiger partial charge on any atom is -0.507 e. The summed E-state index contributed by atoms with van der Waals surface area (Å²) in [5.41, 5.74) is -0.0232. The number of aromatic carboxylic acids is 1. The van der Waals surface area contributed by atoms with Crippen molar-refractivity contribution < 1.29 is 39.7 Å². The van der Waals surface area contributed by atoms with Crippen LogP contribution in [0.1, 0.15) is 34.7 Å². The number of nitrogens with zero attached hydrogens (tertiary/aromatic N) is 1. The number of carbonyl (C=O) groups excluding carboxylic acids is 1. The third-order valence-electron chi connectivity index (χ3n) is 5.85. The Morgan fingerprint density at radius 2 is 2.03 bits per heavy atom. The van der Waals surface area contributed by atoms with Crippen molar-refractivity contribution >= 4 is 19.0 Å². The van der Waals surface area contributed by atoms with Gasteiger partial charge in [0.2, 0.25) is 7.34 Å². The number of benzene rings is 1. The van der Waals surface area contributed by atoms with E-state index in [1.54, 1.807) is 4.90 Å². The lowest BCUT2D eigenvalue weighted by Gasteiger charge is -2.40. The van der Waals surface area contributed by atoms with Crippen LogP contribution in [0.15, 0.2) is 12.1 Å². The van der Waals surface area contributed by atoms with Gasteiger partial charge in [0.05, 0.1) is 25.2 Å². The second-order valence-electron chi connectivity index (χ2n) is 7.90. The number of carboxylic acid groups (broad SMARTS) is 1. The van der Waals surface area contributed by atoms with Gasteiger partial charge in [0, 0.05) is 12.4 Å². The molecule has 1 saturated carbocycles. The molecular formula is C18H23BN2O8. The highest BCUT2D eigenvalue weighted by Crippen LogP contribution is 2.56. The van der Waals surface area contributed by atoms with E-state index in [4.69, 9.17) is 6.17 Å². The summed E-state index contributed by atoms with van der Waals surface area (Å²) >= 11 is 0. The van der Waals surface area contributed by atoms with E-state index in [-0.39, 0.29) is 42.3 Å². The highest BCUT2D eigenvalue weighted by atomic mass is 16.5. The van der Waals surface area contributed by atoms with Gasteiger partial charge >= 0.3 is 13.1 Å². The lowest BCUT2D eigenvalue weighted by Crippen LogP contribution is -2.59. The summed E-state index contributed by atoms with van der Waals surface area (Å²) in [6, 6.07) is 2.58. The number of carboxylic acids is 1. The van der Waals surface area contributed by atoms with E-state index in [0.29, 0.717) is 24.9 Å². The average molecular weight is 407 g/mol. The van der Waals surface area contributed by atoms with Crippen LogP contribution in [-0.2, 0) is 4.79 Å². The monoisotopic (exact) mass is 407 g/mol. The predicted molar refractivity (Wildman–Crippen MR) is 99.8 cm³/mol. The fourth-order valence-corrected chi connectivity index (χ4v) is 4.08. The number of hydrogen-bond acceptors (Lipinski definition) is 8. The smallest absolute Gasteiger partial charge is 0.455 e. The van der Waals surface area contributed by atoms with Crippen molar-refractivity contribution in [2.45, 2.75) is 42.8 Å². The Bertz CT molecular complexity index is 850. The topological polar surface area (TPSA) is 160 Å². The maximum atomic E-state index is 12.4. The fourth-order valence-electron chi connectivity index (χ4n) is 4.08. The Labute approximate surface area is 168 Å². The van der Waals surface area contributed by atoms with Crippen molar-refractivity contribution in [3.05, 3.63) is 23.3 Å². The number of aliphatic hydroxyl groups excluding tert-OH is 1. The molecule has 0 aromatic heterocycles. The Kier molecular flexibility index (Phi) is 4.82. The van der Waals surface area contributed by atoms with Gasteiger partial charge in [0.15, 0.2) is 0 Å². The van der Waals surface area contributed by atoms with Crippen molar-refractivity contribution in [2.75, 3.05) is 19.6 Å². The minimum atomic E-state index is -1.52. The number of hydrogen-bond donors (Lipinski definition) is 6. The van der Waals surface area contributed by atoms with Crippen LogP contribution < -0.4 is 10.1 Å². The molecule has 0 bridgehead atoms. The van der Waals surface area contributed by atoms with Crippen LogP contribution in [0.3, 0.4) is 0 Å². The molecule has 10 nitrogen and oxygen atoms in total. The largest absolute Gasteiger partial charge is 0.507 e. The number of amides is 1. The highest BCUT2D eigenvalue weighted by Gasteiger charge is 2.48. The molecule has 3 aliphatic rings. The molecule has 6 N–H and O–H groups in total. The van der Waals surface area contributed by atoms with Crippen LogP contribution in [-0.4, -0.2) is 88.6 Å². The Hall–Kier alpha value is -2.34. The molecule has 156 valence electrons. The number of nitrogens with one attached hydrogen (secondary N) is 1. The first-order valence-electron chi connectivity index (χ1n) is 9.97. The van der Waals surface area contributed by atoms with Crippen molar-refractivity contribution in [3.8, 4) is 11.5 Å². The van der Waals surface area contributed by atoms with Gasteiger partial charge in [0.25, 0.3) is 0 Å². The minimum absolute atomic E-state index is 0.00394. The number of aliphatic hydroxyl groups is 1. The normalized spacial score (nSPS) is 29.2. The quantitative estimate of drug-likeness (QED) is 0.303. The van der Waals surface area contributed by atoms with Crippen LogP contribution in [0.2, 0.25) is 5.82 Å². The summed E-state index contributed by atoms with van der Waals surface area (Å²) in [6.07, 6.45) is 0.152. The van der Waals surface area contributed by atoms with E-state index < -0.39 is 36.8 Å². The van der Waals surface area contributed by atoms with E-state index in [9.17, 15) is 29.9 Å². The fraction of sp³-hybridized carbons (Fsp3) is 0.556. The number of rotatable bonds is 7. The van der Waals surface area contributed by atoms with Crippen LogP contribution in [0.5, 0.6) is 11.5 Å². The Morgan fingerprint density at radius 1 is 1.28 bits per heavy atom. The molecule has 1 amide bonds. The lowest BCUT2D eigenvalue weighted by molar-refractivity contribution is -0.142. The summed E-state index contributed by atoms with van der Waals surface area (Å²) < 4.78 is 12.7. The second kappa shape index (κ2) is 7.49.